The summed E-state index contributed by atoms with van der Waals surface area (Å²) in [6.45, 7) is 2.43. The van der Waals surface area contributed by atoms with Crippen LogP contribution < -0.4 is 4.74 Å². The zero-order chi connectivity index (χ0) is 23.8. The number of ether oxygens (including phenoxy) is 2. The summed E-state index contributed by atoms with van der Waals surface area (Å²) in [5.41, 5.74) is 7.56. The molecule has 2 aromatic carbocycles. The second-order valence-corrected chi connectivity index (χ2v) is 8.66. The van der Waals surface area contributed by atoms with E-state index in [2.05, 4.69) is 12.1 Å². The number of imidazole rings is 1. The van der Waals surface area contributed by atoms with Gasteiger partial charge in [0.2, 0.25) is 0 Å². The first-order chi connectivity index (χ1) is 16.5. The molecule has 1 aliphatic heterocycles. The second kappa shape index (κ2) is 8.94. The Balaban J connectivity index is 1.60. The van der Waals surface area contributed by atoms with Gasteiger partial charge in [0.1, 0.15) is 23.8 Å². The summed E-state index contributed by atoms with van der Waals surface area (Å²) in [5, 5.41) is 10.3. The second-order valence-electron chi connectivity index (χ2n) is 8.22. The number of pyridine rings is 1. The lowest BCUT2D eigenvalue weighted by Gasteiger charge is -2.13. The van der Waals surface area contributed by atoms with Crippen molar-refractivity contribution in [1.82, 2.24) is 9.38 Å². The highest BCUT2D eigenvalue weighted by Crippen LogP contribution is 2.39. The van der Waals surface area contributed by atoms with Gasteiger partial charge in [-0.2, -0.15) is 5.26 Å². The Labute approximate surface area is 201 Å². The maximum absolute atomic E-state index is 13.9. The fourth-order valence-electron chi connectivity index (χ4n) is 4.46. The van der Waals surface area contributed by atoms with Crippen LogP contribution in [0.5, 0.6) is 5.75 Å². The zero-order valence-corrected chi connectivity index (χ0v) is 19.5. The van der Waals surface area contributed by atoms with Crippen molar-refractivity contribution in [3.8, 4) is 11.8 Å². The fraction of sp³-hybridized carbons (Fsp3) is 0.185. The molecule has 0 fully saturated rings. The summed E-state index contributed by atoms with van der Waals surface area (Å²) in [7, 11) is 1.65. The molecule has 170 valence electrons. The molecule has 4 aromatic rings. The van der Waals surface area contributed by atoms with Gasteiger partial charge in [-0.15, -0.1) is 0 Å². The zero-order valence-electron chi connectivity index (χ0n) is 18.7. The molecule has 0 N–H and O–H groups in total. The van der Waals surface area contributed by atoms with Gasteiger partial charge in [0.15, 0.2) is 0 Å². The average molecular weight is 474 g/mol. The first-order valence-corrected chi connectivity index (χ1v) is 11.2. The monoisotopic (exact) mass is 473 g/mol. The summed E-state index contributed by atoms with van der Waals surface area (Å²) in [4.78, 5) is 4.69. The fourth-order valence-corrected chi connectivity index (χ4v) is 4.61. The minimum absolute atomic E-state index is 0.273. The maximum Gasteiger partial charge on any atom is 0.138 e. The van der Waals surface area contributed by atoms with E-state index in [-0.39, 0.29) is 12.4 Å². The van der Waals surface area contributed by atoms with Gasteiger partial charge in [0, 0.05) is 53.6 Å². The van der Waals surface area contributed by atoms with Crippen molar-refractivity contribution in [3.05, 3.63) is 105 Å². The minimum Gasteiger partial charge on any atom is -0.488 e. The number of allylic oxidation sites excluding steroid dienone is 1. The van der Waals surface area contributed by atoms with Crippen LogP contribution in [0.2, 0.25) is 5.02 Å². The molecule has 0 aliphatic carbocycles. The summed E-state index contributed by atoms with van der Waals surface area (Å²) in [5.74, 6) is 0.0566. The quantitative estimate of drug-likeness (QED) is 0.336. The van der Waals surface area contributed by atoms with Gasteiger partial charge in [-0.1, -0.05) is 29.8 Å². The molecule has 0 bridgehead atoms. The standard InChI is InChI=1S/C27H21ClFN3O2/c1-16(13-30)27-21-5-3-17(9-18(21)14-34-25-12-20(29)4-6-22(25)27)10-24-23(15-33-2)31-26-11-19(28)7-8-32(24)26/h3-9,11-12H,10,14-15H2,1-2H3/b27-16-. The molecule has 0 saturated carbocycles. The van der Waals surface area contributed by atoms with Crippen molar-refractivity contribution in [2.45, 2.75) is 26.6 Å². The molecule has 2 aromatic heterocycles. The highest BCUT2D eigenvalue weighted by Gasteiger charge is 2.23. The van der Waals surface area contributed by atoms with E-state index >= 15 is 0 Å². The summed E-state index contributed by atoms with van der Waals surface area (Å²) < 4.78 is 27.3. The lowest BCUT2D eigenvalue weighted by Crippen LogP contribution is -2.02. The molecule has 5 rings (SSSR count). The molecule has 0 spiro atoms. The van der Waals surface area contributed by atoms with E-state index in [1.165, 1.54) is 12.1 Å². The van der Waals surface area contributed by atoms with Crippen molar-refractivity contribution in [2.24, 2.45) is 0 Å². The summed E-state index contributed by atoms with van der Waals surface area (Å²) in [6.07, 6.45) is 2.53. The van der Waals surface area contributed by atoms with Gasteiger partial charge in [-0.05, 0) is 41.8 Å². The number of fused-ring (bicyclic) bond motifs is 3. The number of rotatable bonds is 4. The van der Waals surface area contributed by atoms with Crippen LogP contribution in [0.15, 0.2) is 60.3 Å². The van der Waals surface area contributed by atoms with Crippen LogP contribution in [-0.4, -0.2) is 16.5 Å². The van der Waals surface area contributed by atoms with Crippen molar-refractivity contribution in [3.63, 3.8) is 0 Å². The van der Waals surface area contributed by atoms with Gasteiger partial charge in [-0.3, -0.25) is 0 Å². The molecule has 1 aliphatic rings. The number of methoxy groups -OCH3 is 1. The smallest absolute Gasteiger partial charge is 0.138 e. The highest BCUT2D eigenvalue weighted by atomic mass is 35.5. The van der Waals surface area contributed by atoms with Gasteiger partial charge in [0.05, 0.1) is 24.1 Å². The number of nitrogens with zero attached hydrogens (tertiary/aromatic N) is 3. The lowest BCUT2D eigenvalue weighted by atomic mass is 9.89. The predicted molar refractivity (Wildman–Crippen MR) is 128 cm³/mol. The van der Waals surface area contributed by atoms with E-state index in [1.54, 1.807) is 20.1 Å². The Morgan fingerprint density at radius 1 is 1.21 bits per heavy atom. The summed E-state index contributed by atoms with van der Waals surface area (Å²) >= 11 is 6.16. The normalized spacial score (nSPS) is 14.1. The largest absolute Gasteiger partial charge is 0.488 e. The van der Waals surface area contributed by atoms with Gasteiger partial charge < -0.3 is 13.9 Å². The minimum atomic E-state index is -0.377. The van der Waals surface area contributed by atoms with Crippen molar-refractivity contribution in [1.29, 1.82) is 5.26 Å². The van der Waals surface area contributed by atoms with Crippen molar-refractivity contribution in [2.75, 3.05) is 7.11 Å². The highest BCUT2D eigenvalue weighted by molar-refractivity contribution is 6.30. The van der Waals surface area contributed by atoms with Crippen LogP contribution >= 0.6 is 11.6 Å². The summed E-state index contributed by atoms with van der Waals surface area (Å²) in [6, 6.07) is 16.5. The number of hydrogen-bond donors (Lipinski definition) is 0. The molecule has 7 heteroatoms. The van der Waals surface area contributed by atoms with Crippen molar-refractivity contribution < 1.29 is 13.9 Å². The first kappa shape index (κ1) is 22.1. The number of benzene rings is 2. The molecule has 3 heterocycles. The number of nitriles is 1. The van der Waals surface area contributed by atoms with Crippen LogP contribution in [0.25, 0.3) is 11.2 Å². The third-order valence-electron chi connectivity index (χ3n) is 6.00. The van der Waals surface area contributed by atoms with Crippen LogP contribution in [-0.2, 0) is 24.4 Å². The molecular weight excluding hydrogens is 453 g/mol. The predicted octanol–water partition coefficient (Wildman–Crippen LogP) is 6.10. The number of hydrogen-bond acceptors (Lipinski definition) is 4. The van der Waals surface area contributed by atoms with E-state index in [0.29, 0.717) is 34.9 Å². The average Bonchev–Trinajstić information content (AvgIpc) is 3.06. The molecule has 0 atom stereocenters. The Morgan fingerprint density at radius 3 is 2.82 bits per heavy atom. The lowest BCUT2D eigenvalue weighted by molar-refractivity contribution is 0.181. The van der Waals surface area contributed by atoms with Crippen molar-refractivity contribution >= 4 is 22.8 Å². The molecule has 5 nitrogen and oxygen atoms in total. The van der Waals surface area contributed by atoms with Gasteiger partial charge >= 0.3 is 0 Å². The first-order valence-electron chi connectivity index (χ1n) is 10.8. The molecular formula is C27H21ClFN3O2. The maximum atomic E-state index is 13.9. The van der Waals surface area contributed by atoms with E-state index in [9.17, 15) is 9.65 Å². The van der Waals surface area contributed by atoms with E-state index in [0.717, 1.165) is 39.3 Å². The Hall–Kier alpha value is -3.66. The van der Waals surface area contributed by atoms with Crippen LogP contribution in [0, 0.1) is 17.1 Å². The Kier molecular flexibility index (Phi) is 5.82. The molecule has 0 saturated heterocycles. The van der Waals surface area contributed by atoms with E-state index in [1.807, 2.05) is 34.9 Å². The molecule has 0 unspecified atom stereocenters. The van der Waals surface area contributed by atoms with Gasteiger partial charge in [0.25, 0.3) is 0 Å². The number of aromatic nitrogens is 2. The van der Waals surface area contributed by atoms with E-state index < -0.39 is 0 Å². The topological polar surface area (TPSA) is 59.6 Å². The number of halogens is 2. The SMILES string of the molecule is COCc1nc2cc(Cl)ccn2c1Cc1ccc2c(c1)COc1cc(F)ccc1/C2=C(/C)C#N. The third-order valence-corrected chi connectivity index (χ3v) is 6.24. The van der Waals surface area contributed by atoms with Gasteiger partial charge in [-0.25, -0.2) is 9.37 Å². The Morgan fingerprint density at radius 2 is 2.03 bits per heavy atom. The molecule has 0 amide bonds. The van der Waals surface area contributed by atoms with Crippen LogP contribution in [0.1, 0.15) is 40.6 Å². The van der Waals surface area contributed by atoms with Crippen LogP contribution in [0.4, 0.5) is 4.39 Å². The van der Waals surface area contributed by atoms with E-state index in [4.69, 9.17) is 26.1 Å². The van der Waals surface area contributed by atoms with Crippen LogP contribution in [0.3, 0.4) is 0 Å². The molecule has 34 heavy (non-hydrogen) atoms. The molecule has 0 radical (unpaired) electrons. The Bertz CT molecular complexity index is 1500. The third kappa shape index (κ3) is 3.94.